The Morgan fingerprint density at radius 3 is 2.47 bits per heavy atom. The Morgan fingerprint density at radius 1 is 1.16 bits per heavy atom. The van der Waals surface area contributed by atoms with Gasteiger partial charge in [-0.25, -0.2) is 4.98 Å². The van der Waals surface area contributed by atoms with E-state index in [2.05, 4.69) is 47.9 Å². The number of rotatable bonds is 3. The van der Waals surface area contributed by atoms with E-state index in [-0.39, 0.29) is 5.54 Å². The molecule has 106 valence electrons. The van der Waals surface area contributed by atoms with Crippen LogP contribution in [0.4, 0.5) is 5.82 Å². The summed E-state index contributed by atoms with van der Waals surface area (Å²) in [7, 11) is 2.16. The highest BCUT2D eigenvalue weighted by Crippen LogP contribution is 2.12. The number of hydrogen-bond donors (Lipinski definition) is 1. The van der Waals surface area contributed by atoms with Crippen LogP contribution >= 0.6 is 0 Å². The normalized spacial score (nSPS) is 17.8. The van der Waals surface area contributed by atoms with Gasteiger partial charge < -0.3 is 15.1 Å². The number of piperazine rings is 1. The largest absolute Gasteiger partial charge is 0.353 e. The minimum absolute atomic E-state index is 0.103. The molecule has 0 atom stereocenters. The van der Waals surface area contributed by atoms with Crippen LogP contribution in [0, 0.1) is 0 Å². The van der Waals surface area contributed by atoms with Gasteiger partial charge in [0.15, 0.2) is 0 Å². The van der Waals surface area contributed by atoms with Crippen LogP contribution in [0.5, 0.6) is 0 Å². The lowest BCUT2D eigenvalue weighted by molar-refractivity contribution is 0.312. The van der Waals surface area contributed by atoms with Gasteiger partial charge in [0.2, 0.25) is 0 Å². The second-order valence-corrected chi connectivity index (χ2v) is 6.26. The molecule has 5 nitrogen and oxygen atoms in total. The summed E-state index contributed by atoms with van der Waals surface area (Å²) in [6.45, 7) is 11.5. The first kappa shape index (κ1) is 14.2. The van der Waals surface area contributed by atoms with Gasteiger partial charge in [0.25, 0.3) is 0 Å². The Morgan fingerprint density at radius 2 is 1.84 bits per heavy atom. The van der Waals surface area contributed by atoms with E-state index in [4.69, 9.17) is 4.98 Å². The molecule has 0 aromatic carbocycles. The summed E-state index contributed by atoms with van der Waals surface area (Å²) < 4.78 is 0. The minimum Gasteiger partial charge on any atom is -0.353 e. The highest BCUT2D eigenvalue weighted by atomic mass is 15.3. The molecule has 0 amide bonds. The van der Waals surface area contributed by atoms with Crippen LogP contribution in [0.25, 0.3) is 0 Å². The van der Waals surface area contributed by atoms with Crippen molar-refractivity contribution >= 4 is 5.82 Å². The summed E-state index contributed by atoms with van der Waals surface area (Å²) in [5.41, 5.74) is 1.11. The van der Waals surface area contributed by atoms with Gasteiger partial charge >= 0.3 is 0 Å². The highest BCUT2D eigenvalue weighted by molar-refractivity contribution is 5.37. The van der Waals surface area contributed by atoms with Gasteiger partial charge in [0, 0.05) is 44.5 Å². The number of nitrogens with one attached hydrogen (secondary N) is 1. The van der Waals surface area contributed by atoms with E-state index in [0.29, 0.717) is 0 Å². The number of likely N-dealkylation sites (N-methyl/N-ethyl adjacent to an activating group) is 1. The molecule has 1 aromatic heterocycles. The molecule has 0 aliphatic carbocycles. The summed E-state index contributed by atoms with van der Waals surface area (Å²) in [6.07, 6.45) is 3.71. The third kappa shape index (κ3) is 4.44. The predicted molar refractivity (Wildman–Crippen MR) is 78.3 cm³/mol. The van der Waals surface area contributed by atoms with E-state index in [1.54, 1.807) is 0 Å². The zero-order valence-corrected chi connectivity index (χ0v) is 12.5. The summed E-state index contributed by atoms with van der Waals surface area (Å²) in [6, 6.07) is 0. The molecule has 2 rings (SSSR count). The van der Waals surface area contributed by atoms with Crippen molar-refractivity contribution < 1.29 is 0 Å². The van der Waals surface area contributed by atoms with Crippen molar-refractivity contribution in [1.29, 1.82) is 0 Å². The van der Waals surface area contributed by atoms with Crippen LogP contribution in [-0.2, 0) is 6.54 Å². The molecule has 0 saturated carbocycles. The molecule has 1 aliphatic heterocycles. The topological polar surface area (TPSA) is 44.3 Å². The van der Waals surface area contributed by atoms with E-state index >= 15 is 0 Å². The zero-order chi connectivity index (χ0) is 13.9. The zero-order valence-electron chi connectivity index (χ0n) is 12.5. The minimum atomic E-state index is 0.103. The van der Waals surface area contributed by atoms with Crippen LogP contribution in [0.2, 0.25) is 0 Å². The van der Waals surface area contributed by atoms with E-state index in [0.717, 1.165) is 44.2 Å². The Labute approximate surface area is 116 Å². The lowest BCUT2D eigenvalue weighted by Gasteiger charge is -2.33. The van der Waals surface area contributed by atoms with Gasteiger partial charge in [0.1, 0.15) is 5.82 Å². The van der Waals surface area contributed by atoms with Crippen molar-refractivity contribution in [1.82, 2.24) is 20.2 Å². The average molecular weight is 263 g/mol. The Bertz CT molecular complexity index is 405. The molecule has 2 heterocycles. The standard InChI is InChI=1S/C14H25N5/c1-14(2,3)16-10-12-9-15-11-13(17-12)19-7-5-18(4)6-8-19/h9,11,16H,5-8,10H2,1-4H3. The van der Waals surface area contributed by atoms with Crippen molar-refractivity contribution in [2.45, 2.75) is 32.9 Å². The van der Waals surface area contributed by atoms with E-state index in [9.17, 15) is 0 Å². The molecular formula is C14H25N5. The summed E-state index contributed by atoms with van der Waals surface area (Å²) in [4.78, 5) is 13.7. The molecule has 5 heteroatoms. The van der Waals surface area contributed by atoms with Gasteiger partial charge in [-0.1, -0.05) is 0 Å². The van der Waals surface area contributed by atoms with Crippen molar-refractivity contribution in [3.05, 3.63) is 18.1 Å². The molecule has 0 bridgehead atoms. The first-order valence-electron chi connectivity index (χ1n) is 6.93. The maximum absolute atomic E-state index is 4.71. The molecule has 1 aliphatic rings. The fourth-order valence-electron chi connectivity index (χ4n) is 2.02. The molecule has 19 heavy (non-hydrogen) atoms. The lowest BCUT2D eigenvalue weighted by Crippen LogP contribution is -2.45. The molecule has 1 fully saturated rings. The molecule has 0 spiro atoms. The van der Waals surface area contributed by atoms with Gasteiger partial charge in [-0.15, -0.1) is 0 Å². The first-order valence-corrected chi connectivity index (χ1v) is 6.93. The van der Waals surface area contributed by atoms with E-state index in [1.807, 2.05) is 12.4 Å². The molecule has 0 radical (unpaired) electrons. The molecular weight excluding hydrogens is 238 g/mol. The van der Waals surface area contributed by atoms with Crippen molar-refractivity contribution in [2.75, 3.05) is 38.1 Å². The second-order valence-electron chi connectivity index (χ2n) is 6.26. The maximum atomic E-state index is 4.71. The predicted octanol–water partition coefficient (Wildman–Crippen LogP) is 1.12. The van der Waals surface area contributed by atoms with Crippen molar-refractivity contribution in [2.24, 2.45) is 0 Å². The van der Waals surface area contributed by atoms with Crippen LogP contribution in [-0.4, -0.2) is 53.6 Å². The molecule has 1 N–H and O–H groups in total. The summed E-state index contributed by atoms with van der Waals surface area (Å²) in [5.74, 6) is 1.00. The molecule has 0 unspecified atom stereocenters. The number of hydrogen-bond acceptors (Lipinski definition) is 5. The molecule has 1 aromatic rings. The Kier molecular flexibility index (Phi) is 4.37. The number of anilines is 1. The smallest absolute Gasteiger partial charge is 0.147 e. The third-order valence-electron chi connectivity index (χ3n) is 3.30. The van der Waals surface area contributed by atoms with E-state index in [1.165, 1.54) is 0 Å². The SMILES string of the molecule is CN1CCN(c2cncc(CNC(C)(C)C)n2)CC1. The Balaban J connectivity index is 1.99. The van der Waals surface area contributed by atoms with Crippen molar-refractivity contribution in [3.8, 4) is 0 Å². The van der Waals surface area contributed by atoms with Gasteiger partial charge in [-0.3, -0.25) is 4.98 Å². The van der Waals surface area contributed by atoms with Gasteiger partial charge in [-0.2, -0.15) is 0 Å². The maximum Gasteiger partial charge on any atom is 0.147 e. The second kappa shape index (κ2) is 5.84. The quantitative estimate of drug-likeness (QED) is 0.885. The number of nitrogens with zero attached hydrogens (tertiary/aromatic N) is 4. The average Bonchev–Trinajstić information content (AvgIpc) is 2.37. The number of aromatic nitrogens is 2. The summed E-state index contributed by atoms with van der Waals surface area (Å²) >= 11 is 0. The fraction of sp³-hybridized carbons (Fsp3) is 0.714. The monoisotopic (exact) mass is 263 g/mol. The van der Waals surface area contributed by atoms with Crippen LogP contribution in [0.1, 0.15) is 26.5 Å². The van der Waals surface area contributed by atoms with Crippen LogP contribution < -0.4 is 10.2 Å². The van der Waals surface area contributed by atoms with Gasteiger partial charge in [-0.05, 0) is 27.8 Å². The fourth-order valence-corrected chi connectivity index (χ4v) is 2.02. The van der Waals surface area contributed by atoms with Crippen LogP contribution in [0.3, 0.4) is 0 Å². The molecule has 1 saturated heterocycles. The van der Waals surface area contributed by atoms with E-state index < -0.39 is 0 Å². The summed E-state index contributed by atoms with van der Waals surface area (Å²) in [5, 5.41) is 3.45. The van der Waals surface area contributed by atoms with Crippen LogP contribution in [0.15, 0.2) is 12.4 Å². The Hall–Kier alpha value is -1.20. The van der Waals surface area contributed by atoms with Crippen molar-refractivity contribution in [3.63, 3.8) is 0 Å². The third-order valence-corrected chi connectivity index (χ3v) is 3.30. The first-order chi connectivity index (χ1) is 8.94. The van der Waals surface area contributed by atoms with Gasteiger partial charge in [0.05, 0.1) is 11.9 Å². The highest BCUT2D eigenvalue weighted by Gasteiger charge is 2.16. The lowest BCUT2D eigenvalue weighted by atomic mass is 10.1.